The molecule has 1 unspecified atom stereocenters. The molecule has 2 N–H and O–H groups in total. The molecule has 0 radical (unpaired) electrons. The van der Waals surface area contributed by atoms with Crippen LogP contribution in [-0.4, -0.2) is 20.6 Å². The Morgan fingerprint density at radius 1 is 1.24 bits per heavy atom. The Bertz CT molecular complexity index is 892. The number of amides is 2. The number of hydrogen-bond donors (Lipinski definition) is 2. The third-order valence-electron chi connectivity index (χ3n) is 3.70. The second-order valence-electron chi connectivity index (χ2n) is 5.65. The fourth-order valence-electron chi connectivity index (χ4n) is 2.53. The first-order chi connectivity index (χ1) is 12.0. The summed E-state index contributed by atoms with van der Waals surface area (Å²) in [6.45, 7) is 1.84. The first kappa shape index (κ1) is 16.6. The standard InChI is InChI=1S/C18H18FN5O/c1-12-5-3-8-15(21-12)22-18(25)23-16(17-20-9-10-24(17)2)13-6-4-7-14(19)11-13/h3-11,16H,1-2H3,(H2,21,22,23,25). The van der Waals surface area contributed by atoms with Crippen LogP contribution in [0, 0.1) is 12.7 Å². The average Bonchev–Trinajstić information content (AvgIpc) is 2.98. The van der Waals surface area contributed by atoms with Crippen LogP contribution in [0.15, 0.2) is 54.9 Å². The van der Waals surface area contributed by atoms with Crippen molar-refractivity contribution in [3.63, 3.8) is 0 Å². The van der Waals surface area contributed by atoms with Crippen LogP contribution in [0.5, 0.6) is 0 Å². The van der Waals surface area contributed by atoms with Crippen LogP contribution in [0.4, 0.5) is 15.0 Å². The van der Waals surface area contributed by atoms with Gasteiger partial charge in [0.2, 0.25) is 0 Å². The van der Waals surface area contributed by atoms with Gasteiger partial charge in [0.25, 0.3) is 0 Å². The normalized spacial score (nSPS) is 11.8. The van der Waals surface area contributed by atoms with Crippen LogP contribution in [0.25, 0.3) is 0 Å². The van der Waals surface area contributed by atoms with Crippen molar-refractivity contribution in [2.24, 2.45) is 7.05 Å². The van der Waals surface area contributed by atoms with Crippen molar-refractivity contribution in [2.45, 2.75) is 13.0 Å². The van der Waals surface area contributed by atoms with E-state index in [1.54, 1.807) is 41.2 Å². The molecule has 0 aliphatic heterocycles. The quantitative estimate of drug-likeness (QED) is 0.767. The van der Waals surface area contributed by atoms with Crippen molar-refractivity contribution < 1.29 is 9.18 Å². The summed E-state index contributed by atoms with van der Waals surface area (Å²) in [4.78, 5) is 20.9. The van der Waals surface area contributed by atoms with Gasteiger partial charge in [0.1, 0.15) is 23.5 Å². The van der Waals surface area contributed by atoms with Crippen molar-refractivity contribution in [3.05, 3.63) is 77.8 Å². The van der Waals surface area contributed by atoms with Gasteiger partial charge in [0.15, 0.2) is 0 Å². The number of imidazole rings is 1. The van der Waals surface area contributed by atoms with Crippen molar-refractivity contribution >= 4 is 11.8 Å². The van der Waals surface area contributed by atoms with Crippen molar-refractivity contribution in [1.82, 2.24) is 19.9 Å². The molecule has 0 bridgehead atoms. The number of hydrogen-bond acceptors (Lipinski definition) is 3. The Balaban J connectivity index is 1.85. The number of carbonyl (C=O) groups excluding carboxylic acids is 1. The maximum absolute atomic E-state index is 13.6. The lowest BCUT2D eigenvalue weighted by Crippen LogP contribution is -2.34. The van der Waals surface area contributed by atoms with E-state index in [0.29, 0.717) is 17.2 Å². The fourth-order valence-corrected chi connectivity index (χ4v) is 2.53. The predicted octanol–water partition coefficient (Wildman–Crippen LogP) is 3.17. The summed E-state index contributed by atoms with van der Waals surface area (Å²) in [6.07, 6.45) is 3.40. The lowest BCUT2D eigenvalue weighted by Gasteiger charge is -2.19. The molecule has 0 saturated carbocycles. The molecule has 6 nitrogen and oxygen atoms in total. The summed E-state index contributed by atoms with van der Waals surface area (Å²) in [5.41, 5.74) is 1.39. The molecule has 2 heterocycles. The molecule has 2 amide bonds. The van der Waals surface area contributed by atoms with E-state index >= 15 is 0 Å². The number of rotatable bonds is 4. The van der Waals surface area contributed by atoms with E-state index in [1.165, 1.54) is 12.1 Å². The van der Waals surface area contributed by atoms with Gasteiger partial charge in [-0.2, -0.15) is 0 Å². The molecule has 0 spiro atoms. The van der Waals surface area contributed by atoms with Gasteiger partial charge >= 0.3 is 6.03 Å². The zero-order chi connectivity index (χ0) is 17.8. The second-order valence-corrected chi connectivity index (χ2v) is 5.65. The average molecular weight is 339 g/mol. The number of carbonyl (C=O) groups is 1. The Hall–Kier alpha value is -3.22. The largest absolute Gasteiger partial charge is 0.336 e. The molecule has 3 rings (SSSR count). The third-order valence-corrected chi connectivity index (χ3v) is 3.70. The molecule has 128 valence electrons. The molecular weight excluding hydrogens is 321 g/mol. The van der Waals surface area contributed by atoms with E-state index in [9.17, 15) is 9.18 Å². The van der Waals surface area contributed by atoms with Gasteiger partial charge in [-0.1, -0.05) is 18.2 Å². The molecule has 7 heteroatoms. The van der Waals surface area contributed by atoms with Gasteiger partial charge in [-0.25, -0.2) is 19.2 Å². The number of nitrogens with zero attached hydrogens (tertiary/aromatic N) is 3. The zero-order valence-electron chi connectivity index (χ0n) is 13.9. The minimum atomic E-state index is -0.597. The Kier molecular flexibility index (Phi) is 4.74. The highest BCUT2D eigenvalue weighted by molar-refractivity contribution is 5.88. The number of pyridine rings is 1. The molecule has 2 aromatic heterocycles. The maximum atomic E-state index is 13.6. The van der Waals surface area contributed by atoms with Crippen LogP contribution in [0.3, 0.4) is 0 Å². The molecule has 25 heavy (non-hydrogen) atoms. The van der Waals surface area contributed by atoms with E-state index < -0.39 is 12.1 Å². The molecule has 3 aromatic rings. The fraction of sp³-hybridized carbons (Fsp3) is 0.167. The monoisotopic (exact) mass is 339 g/mol. The summed E-state index contributed by atoms with van der Waals surface area (Å²) < 4.78 is 15.4. The van der Waals surface area contributed by atoms with Crippen molar-refractivity contribution in [3.8, 4) is 0 Å². The van der Waals surface area contributed by atoms with Gasteiger partial charge in [-0.05, 0) is 36.8 Å². The van der Waals surface area contributed by atoms with Crippen molar-refractivity contribution in [1.29, 1.82) is 0 Å². The Morgan fingerprint density at radius 2 is 2.04 bits per heavy atom. The smallest absolute Gasteiger partial charge is 0.321 e. The number of aromatic nitrogens is 3. The van der Waals surface area contributed by atoms with Crippen LogP contribution >= 0.6 is 0 Å². The number of urea groups is 1. The number of halogens is 1. The van der Waals surface area contributed by atoms with Crippen LogP contribution < -0.4 is 10.6 Å². The summed E-state index contributed by atoms with van der Waals surface area (Å²) in [7, 11) is 1.82. The van der Waals surface area contributed by atoms with Crippen LogP contribution in [-0.2, 0) is 7.05 Å². The molecule has 1 aromatic carbocycles. The van der Waals surface area contributed by atoms with Gasteiger partial charge in [-0.3, -0.25) is 5.32 Å². The highest BCUT2D eigenvalue weighted by Crippen LogP contribution is 2.21. The first-order valence-electron chi connectivity index (χ1n) is 7.77. The summed E-state index contributed by atoms with van der Waals surface area (Å²) in [5, 5.41) is 5.52. The van der Waals surface area contributed by atoms with E-state index in [4.69, 9.17) is 0 Å². The summed E-state index contributed by atoms with van der Waals surface area (Å²) >= 11 is 0. The summed E-state index contributed by atoms with van der Waals surface area (Å²) in [5.74, 6) is 0.660. The van der Waals surface area contributed by atoms with Crippen LogP contribution in [0.1, 0.15) is 23.1 Å². The molecule has 0 aliphatic carbocycles. The van der Waals surface area contributed by atoms with Gasteiger partial charge < -0.3 is 9.88 Å². The zero-order valence-corrected chi connectivity index (χ0v) is 13.9. The Labute approximate surface area is 144 Å². The van der Waals surface area contributed by atoms with E-state index in [1.807, 2.05) is 20.0 Å². The number of benzene rings is 1. The highest BCUT2D eigenvalue weighted by atomic mass is 19.1. The minimum absolute atomic E-state index is 0.376. The maximum Gasteiger partial charge on any atom is 0.321 e. The SMILES string of the molecule is Cc1cccc(NC(=O)NC(c2cccc(F)c2)c2nccn2C)n1. The predicted molar refractivity (Wildman–Crippen MR) is 92.6 cm³/mol. The van der Waals surface area contributed by atoms with Crippen LogP contribution in [0.2, 0.25) is 0 Å². The van der Waals surface area contributed by atoms with Crippen molar-refractivity contribution in [2.75, 3.05) is 5.32 Å². The molecule has 0 fully saturated rings. The van der Waals surface area contributed by atoms with Gasteiger partial charge in [0.05, 0.1) is 0 Å². The van der Waals surface area contributed by atoms with Gasteiger partial charge in [-0.15, -0.1) is 0 Å². The molecular formula is C18H18FN5O. The summed E-state index contributed by atoms with van der Waals surface area (Å²) in [6, 6.07) is 10.4. The molecule has 1 atom stereocenters. The topological polar surface area (TPSA) is 71.8 Å². The number of anilines is 1. The van der Waals surface area contributed by atoms with Gasteiger partial charge in [0, 0.05) is 25.1 Å². The number of nitrogens with one attached hydrogen (secondary N) is 2. The lowest BCUT2D eigenvalue weighted by atomic mass is 10.1. The molecule has 0 saturated heterocycles. The van der Waals surface area contributed by atoms with E-state index in [0.717, 1.165) is 5.69 Å². The lowest BCUT2D eigenvalue weighted by molar-refractivity contribution is 0.249. The second kappa shape index (κ2) is 7.12. The van der Waals surface area contributed by atoms with E-state index in [2.05, 4.69) is 20.6 Å². The molecule has 0 aliphatic rings. The van der Waals surface area contributed by atoms with E-state index in [-0.39, 0.29) is 5.82 Å². The third kappa shape index (κ3) is 4.00. The number of aryl methyl sites for hydroxylation is 2. The Morgan fingerprint density at radius 3 is 2.72 bits per heavy atom. The highest BCUT2D eigenvalue weighted by Gasteiger charge is 2.21. The first-order valence-corrected chi connectivity index (χ1v) is 7.77. The minimum Gasteiger partial charge on any atom is -0.336 e.